The van der Waals surface area contributed by atoms with Gasteiger partial charge in [0.2, 0.25) is 0 Å². The van der Waals surface area contributed by atoms with E-state index in [4.69, 9.17) is 25.3 Å². The number of carboxylic acids is 1. The molecule has 9 heteroatoms. The summed E-state index contributed by atoms with van der Waals surface area (Å²) in [7, 11) is 0. The van der Waals surface area contributed by atoms with Gasteiger partial charge in [0.25, 0.3) is 0 Å². The summed E-state index contributed by atoms with van der Waals surface area (Å²) in [4.78, 5) is 22.6. The number of hydrogen-bond donors (Lipinski definition) is 2. The van der Waals surface area contributed by atoms with Gasteiger partial charge in [-0.1, -0.05) is 74.0 Å². The van der Waals surface area contributed by atoms with E-state index in [1.807, 2.05) is 12.1 Å². The molecule has 3 heterocycles. The minimum atomic E-state index is -0.622. The van der Waals surface area contributed by atoms with Crippen LogP contribution in [0.15, 0.2) is 42.5 Å². The summed E-state index contributed by atoms with van der Waals surface area (Å²) in [5.74, 6) is 1.37. The van der Waals surface area contributed by atoms with Crippen molar-refractivity contribution in [3.63, 3.8) is 0 Å². The fraction of sp³-hybridized carbons (Fsp3) is 0.767. The Morgan fingerprint density at radius 2 is 1.81 bits per heavy atom. The van der Waals surface area contributed by atoms with Crippen LogP contribution >= 0.6 is 0 Å². The summed E-state index contributed by atoms with van der Waals surface area (Å²) in [6.45, 7) is 24.3. The van der Waals surface area contributed by atoms with Gasteiger partial charge in [0.15, 0.2) is 5.82 Å². The Labute approximate surface area is 311 Å². The van der Waals surface area contributed by atoms with Crippen molar-refractivity contribution < 1.29 is 19.4 Å². The number of fused-ring (bicyclic) bond motifs is 3. The molecule has 3 N–H and O–H groups in total. The number of rotatable bonds is 8. The first kappa shape index (κ1) is 37.7. The van der Waals surface area contributed by atoms with Gasteiger partial charge in [-0.3, -0.25) is 9.78 Å². The Hall–Kier alpha value is -2.62. The van der Waals surface area contributed by atoms with E-state index in [9.17, 15) is 9.90 Å². The smallest absolute Gasteiger partial charge is 0.307 e. The monoisotopic (exact) mass is 716 g/mol. The Kier molecular flexibility index (Phi) is 9.22. The number of ether oxygens (including phenoxy) is 2. The van der Waals surface area contributed by atoms with Gasteiger partial charge in [0.05, 0.1) is 37.9 Å². The number of aliphatic carboxylic acids is 1. The fourth-order valence-corrected chi connectivity index (χ4v) is 12.3. The number of carboxylic acid groups (broad SMARTS) is 1. The number of pyridine rings is 1. The van der Waals surface area contributed by atoms with E-state index in [2.05, 4.69) is 85.0 Å². The number of aromatic nitrogens is 4. The molecule has 2 aromatic rings. The third-order valence-corrected chi connectivity index (χ3v) is 16.7. The molecule has 0 aromatic carbocycles. The summed E-state index contributed by atoms with van der Waals surface area (Å²) in [5.41, 5.74) is 7.82. The van der Waals surface area contributed by atoms with Crippen molar-refractivity contribution in [3.05, 3.63) is 42.5 Å². The molecule has 12 atom stereocenters. The second-order valence-corrected chi connectivity index (χ2v) is 20.1. The molecular weight excluding hydrogens is 651 g/mol. The molecule has 1 saturated heterocycles. The van der Waals surface area contributed by atoms with Crippen molar-refractivity contribution in [1.82, 2.24) is 19.7 Å². The zero-order valence-electron chi connectivity index (χ0n) is 33.5. The Bertz CT molecular complexity index is 1680. The van der Waals surface area contributed by atoms with E-state index >= 15 is 0 Å². The summed E-state index contributed by atoms with van der Waals surface area (Å²) in [6, 6.07) is 3.91. The molecule has 2 bridgehead atoms. The first-order valence-electron chi connectivity index (χ1n) is 20.0. The predicted octanol–water partition coefficient (Wildman–Crippen LogP) is 8.23. The van der Waals surface area contributed by atoms with Crippen LogP contribution < -0.4 is 5.73 Å². The Morgan fingerprint density at radius 1 is 1.10 bits per heavy atom. The van der Waals surface area contributed by atoms with Crippen LogP contribution in [0.4, 0.5) is 0 Å². The molecular formula is C43H65N5O4. The zero-order chi connectivity index (χ0) is 37.6. The molecule has 1 aliphatic heterocycles. The number of hydrogen-bond acceptors (Lipinski definition) is 7. The van der Waals surface area contributed by atoms with E-state index in [-0.39, 0.29) is 45.1 Å². The minimum Gasteiger partial charge on any atom is -0.481 e. The maximum Gasteiger partial charge on any atom is 0.307 e. The summed E-state index contributed by atoms with van der Waals surface area (Å²) in [6.07, 6.45) is 13.4. The van der Waals surface area contributed by atoms with Crippen molar-refractivity contribution in [2.75, 3.05) is 19.8 Å². The maximum atomic E-state index is 13.5. The SMILES string of the molecule is CC(C)[C@@H](C)[C@@]1(C)CC[C@]2(C)[C@H]3CC[C@H]4[C@H]5COC[C@@]4(C[C@@H](n4ncnc4-c4ccncc4)[C@@H]5OC[C@](C)(N)C(C)(C)C)C3=CC[C@@]2(C)[C@@H]1C(=O)O. The van der Waals surface area contributed by atoms with Gasteiger partial charge < -0.3 is 20.3 Å². The van der Waals surface area contributed by atoms with Crippen LogP contribution in [0.5, 0.6) is 0 Å². The molecule has 52 heavy (non-hydrogen) atoms. The van der Waals surface area contributed by atoms with Crippen LogP contribution in [0.3, 0.4) is 0 Å². The van der Waals surface area contributed by atoms with Crippen molar-refractivity contribution >= 4 is 5.97 Å². The summed E-state index contributed by atoms with van der Waals surface area (Å²) in [5, 5.41) is 16.1. The predicted molar refractivity (Wildman–Crippen MR) is 203 cm³/mol. The number of carbonyl (C=O) groups is 1. The molecule has 0 radical (unpaired) electrons. The van der Waals surface area contributed by atoms with Gasteiger partial charge in [-0.2, -0.15) is 5.10 Å². The first-order valence-corrected chi connectivity index (χ1v) is 20.0. The average molecular weight is 716 g/mol. The quantitative estimate of drug-likeness (QED) is 0.262. The maximum absolute atomic E-state index is 13.5. The van der Waals surface area contributed by atoms with E-state index in [1.165, 1.54) is 5.57 Å². The Morgan fingerprint density at radius 3 is 2.46 bits per heavy atom. The van der Waals surface area contributed by atoms with Crippen LogP contribution in [-0.2, 0) is 14.3 Å². The van der Waals surface area contributed by atoms with Crippen LogP contribution in [-0.4, -0.2) is 62.3 Å². The van der Waals surface area contributed by atoms with Gasteiger partial charge in [0.1, 0.15) is 6.33 Å². The van der Waals surface area contributed by atoms with Gasteiger partial charge in [-0.25, -0.2) is 9.67 Å². The van der Waals surface area contributed by atoms with Crippen LogP contribution in [0.2, 0.25) is 0 Å². The summed E-state index contributed by atoms with van der Waals surface area (Å²) >= 11 is 0. The van der Waals surface area contributed by atoms with Crippen molar-refractivity contribution in [1.29, 1.82) is 0 Å². The van der Waals surface area contributed by atoms with Crippen LogP contribution in [0, 0.1) is 62.6 Å². The van der Waals surface area contributed by atoms with Gasteiger partial charge in [0, 0.05) is 34.8 Å². The molecule has 5 aliphatic rings. The largest absolute Gasteiger partial charge is 0.481 e. The average Bonchev–Trinajstić information content (AvgIpc) is 3.57. The molecule has 0 spiro atoms. The molecule has 3 saturated carbocycles. The first-order chi connectivity index (χ1) is 24.3. The highest BCUT2D eigenvalue weighted by molar-refractivity contribution is 5.73. The lowest BCUT2D eigenvalue weighted by molar-refractivity contribution is -0.220. The third-order valence-electron chi connectivity index (χ3n) is 16.7. The molecule has 286 valence electrons. The van der Waals surface area contributed by atoms with Crippen LogP contribution in [0.25, 0.3) is 11.4 Å². The lowest BCUT2D eigenvalue weighted by atomic mass is 9.35. The van der Waals surface area contributed by atoms with E-state index in [0.29, 0.717) is 43.5 Å². The highest BCUT2D eigenvalue weighted by Crippen LogP contribution is 2.74. The lowest BCUT2D eigenvalue weighted by Gasteiger charge is -2.70. The Balaban J connectivity index is 1.33. The highest BCUT2D eigenvalue weighted by Gasteiger charge is 2.70. The van der Waals surface area contributed by atoms with E-state index in [0.717, 1.165) is 49.9 Å². The van der Waals surface area contributed by atoms with Gasteiger partial charge in [-0.15, -0.1) is 0 Å². The number of allylic oxidation sites excluding steroid dienone is 1. The normalized spacial score (nSPS) is 40.5. The minimum absolute atomic E-state index is 0.0827. The standard InChI is InChI=1S/C43H65N5O4/c1-26(2)27(3)39(7)17-18-40(8)31-12-11-30-29-22-51-24-43(30,32(31)13-16-41(40,9)35(39)37(49)50)21-33(34(29)52-23-42(10,44)38(4,5)6)48-36(46-25-47-48)28-14-19-45-20-15-28/h13-15,19-20,25-27,29-31,33-35H,11-12,16-18,21-24,44H2,1-10H3,(H,49,50)/t27-,29-,30+,31+,33-,34-,35-,39-,40-,41+,42+,43-/m1/s1. The second kappa shape index (κ2) is 12.7. The molecule has 4 fully saturated rings. The molecule has 9 nitrogen and oxygen atoms in total. The summed E-state index contributed by atoms with van der Waals surface area (Å²) < 4.78 is 15.9. The zero-order valence-corrected chi connectivity index (χ0v) is 33.5. The molecule has 0 amide bonds. The number of nitrogens with zero attached hydrogens (tertiary/aromatic N) is 4. The molecule has 0 unspecified atom stereocenters. The van der Waals surface area contributed by atoms with Gasteiger partial charge in [-0.05, 0) is 103 Å². The fourth-order valence-electron chi connectivity index (χ4n) is 12.3. The molecule has 7 rings (SSSR count). The van der Waals surface area contributed by atoms with Crippen molar-refractivity contribution in [3.8, 4) is 11.4 Å². The molecule has 2 aromatic heterocycles. The lowest BCUT2D eigenvalue weighted by Crippen LogP contribution is -2.67. The number of nitrogens with two attached hydrogens (primary N) is 1. The van der Waals surface area contributed by atoms with E-state index in [1.54, 1.807) is 18.7 Å². The molecule has 4 aliphatic carbocycles. The van der Waals surface area contributed by atoms with Gasteiger partial charge >= 0.3 is 5.97 Å². The topological polar surface area (TPSA) is 125 Å². The third kappa shape index (κ3) is 5.40. The second-order valence-electron chi connectivity index (χ2n) is 20.1. The highest BCUT2D eigenvalue weighted by atomic mass is 16.5. The van der Waals surface area contributed by atoms with Crippen LogP contribution in [0.1, 0.15) is 114 Å². The van der Waals surface area contributed by atoms with E-state index < -0.39 is 17.4 Å². The van der Waals surface area contributed by atoms with Crippen molar-refractivity contribution in [2.24, 2.45) is 68.3 Å². The van der Waals surface area contributed by atoms with Crippen molar-refractivity contribution in [2.45, 2.75) is 125 Å².